The van der Waals surface area contributed by atoms with E-state index in [0.717, 1.165) is 6.66 Å². The average molecular weight is 199 g/mol. The molecule has 13 heavy (non-hydrogen) atoms. The summed E-state index contributed by atoms with van der Waals surface area (Å²) in [5.74, 6) is -0.846. The van der Waals surface area contributed by atoms with E-state index in [-0.39, 0.29) is 5.56 Å². The molecule has 0 aliphatic heterocycles. The SMILES string of the molecule is CP(=O)([O-])OC(=O)c1ccccc1. The van der Waals surface area contributed by atoms with Crippen molar-refractivity contribution in [3.05, 3.63) is 35.9 Å². The first-order valence-corrected chi connectivity index (χ1v) is 5.55. The Balaban J connectivity index is 2.76. The van der Waals surface area contributed by atoms with E-state index in [1.807, 2.05) is 0 Å². The number of hydrogen-bond acceptors (Lipinski definition) is 4. The second kappa shape index (κ2) is 3.73. The van der Waals surface area contributed by atoms with Crippen molar-refractivity contribution in [2.24, 2.45) is 0 Å². The van der Waals surface area contributed by atoms with E-state index in [1.165, 1.54) is 12.1 Å². The number of benzene rings is 1. The molecule has 70 valence electrons. The van der Waals surface area contributed by atoms with E-state index in [2.05, 4.69) is 4.52 Å². The van der Waals surface area contributed by atoms with Crippen molar-refractivity contribution in [3.8, 4) is 0 Å². The van der Waals surface area contributed by atoms with Gasteiger partial charge in [-0.05, 0) is 12.1 Å². The Morgan fingerprint density at radius 1 is 1.38 bits per heavy atom. The van der Waals surface area contributed by atoms with Gasteiger partial charge in [-0.2, -0.15) is 0 Å². The molecule has 1 aromatic carbocycles. The third-order valence-corrected chi connectivity index (χ3v) is 1.76. The van der Waals surface area contributed by atoms with E-state index in [4.69, 9.17) is 0 Å². The molecule has 0 saturated heterocycles. The maximum absolute atomic E-state index is 11.1. The van der Waals surface area contributed by atoms with Gasteiger partial charge in [0.1, 0.15) is 0 Å². The summed E-state index contributed by atoms with van der Waals surface area (Å²) >= 11 is 0. The lowest BCUT2D eigenvalue weighted by atomic mass is 10.2. The lowest BCUT2D eigenvalue weighted by Gasteiger charge is -2.16. The molecule has 0 heterocycles. The molecule has 0 aliphatic carbocycles. The molecular formula is C8H8O4P-. The van der Waals surface area contributed by atoms with Crippen molar-refractivity contribution in [2.75, 3.05) is 6.66 Å². The van der Waals surface area contributed by atoms with Crippen molar-refractivity contribution >= 4 is 13.6 Å². The van der Waals surface area contributed by atoms with E-state index in [9.17, 15) is 14.3 Å². The monoisotopic (exact) mass is 199 g/mol. The Bertz CT molecular complexity index is 340. The molecule has 0 aromatic heterocycles. The van der Waals surface area contributed by atoms with Gasteiger partial charge in [0.05, 0.1) is 5.56 Å². The molecule has 1 atom stereocenters. The maximum Gasteiger partial charge on any atom is 0.342 e. The molecule has 0 bridgehead atoms. The van der Waals surface area contributed by atoms with Gasteiger partial charge in [0, 0.05) is 6.66 Å². The molecule has 5 heteroatoms. The topological polar surface area (TPSA) is 66.4 Å². The Morgan fingerprint density at radius 2 is 1.92 bits per heavy atom. The minimum absolute atomic E-state index is 0.223. The first kappa shape index (κ1) is 9.96. The zero-order chi connectivity index (χ0) is 9.90. The number of hydrogen-bond donors (Lipinski definition) is 0. The Hall–Kier alpha value is -1.12. The van der Waals surface area contributed by atoms with E-state index < -0.39 is 13.6 Å². The predicted octanol–water partition coefficient (Wildman–Crippen LogP) is 1.03. The summed E-state index contributed by atoms with van der Waals surface area (Å²) in [5.41, 5.74) is 0.223. The molecule has 1 rings (SSSR count). The van der Waals surface area contributed by atoms with Crippen molar-refractivity contribution in [3.63, 3.8) is 0 Å². The van der Waals surface area contributed by atoms with Crippen LogP contribution in [0.25, 0.3) is 0 Å². The maximum atomic E-state index is 11.1. The fourth-order valence-electron chi connectivity index (χ4n) is 0.778. The molecule has 1 aromatic rings. The van der Waals surface area contributed by atoms with Crippen molar-refractivity contribution < 1.29 is 18.8 Å². The van der Waals surface area contributed by atoms with Gasteiger partial charge in [0.25, 0.3) is 0 Å². The highest BCUT2D eigenvalue weighted by Crippen LogP contribution is 2.32. The highest BCUT2D eigenvalue weighted by molar-refractivity contribution is 7.51. The summed E-state index contributed by atoms with van der Waals surface area (Å²) in [6.45, 7) is 0.855. The molecule has 0 saturated carbocycles. The lowest BCUT2D eigenvalue weighted by Crippen LogP contribution is -2.09. The van der Waals surface area contributed by atoms with Gasteiger partial charge in [0.2, 0.25) is 0 Å². The first-order valence-electron chi connectivity index (χ1n) is 3.56. The van der Waals surface area contributed by atoms with E-state index in [1.54, 1.807) is 18.2 Å². The molecule has 0 amide bonds. The van der Waals surface area contributed by atoms with Crippen molar-refractivity contribution in [1.29, 1.82) is 0 Å². The average Bonchev–Trinajstić information content (AvgIpc) is 2.03. The second-order valence-electron chi connectivity index (χ2n) is 2.52. The van der Waals surface area contributed by atoms with Crippen LogP contribution in [-0.2, 0) is 9.09 Å². The minimum Gasteiger partial charge on any atom is -0.769 e. The Labute approximate surface area is 75.7 Å². The fraction of sp³-hybridized carbons (Fsp3) is 0.125. The van der Waals surface area contributed by atoms with Crippen LogP contribution in [0, 0.1) is 0 Å². The van der Waals surface area contributed by atoms with E-state index in [0.29, 0.717) is 0 Å². The smallest absolute Gasteiger partial charge is 0.342 e. The predicted molar refractivity (Wildman–Crippen MR) is 45.4 cm³/mol. The first-order chi connectivity index (χ1) is 5.99. The van der Waals surface area contributed by atoms with Crippen LogP contribution in [0.5, 0.6) is 0 Å². The highest BCUT2D eigenvalue weighted by atomic mass is 31.2. The Kier molecular flexibility index (Phi) is 2.86. The van der Waals surface area contributed by atoms with Gasteiger partial charge < -0.3 is 9.42 Å². The zero-order valence-corrected chi connectivity index (χ0v) is 7.86. The van der Waals surface area contributed by atoms with Gasteiger partial charge >= 0.3 is 5.97 Å². The largest absolute Gasteiger partial charge is 0.769 e. The fourth-order valence-corrected chi connectivity index (χ4v) is 1.18. The third-order valence-electron chi connectivity index (χ3n) is 1.26. The summed E-state index contributed by atoms with van der Waals surface area (Å²) in [6.07, 6.45) is 0. The summed E-state index contributed by atoms with van der Waals surface area (Å²) < 4.78 is 14.8. The molecule has 0 radical (unpaired) electrons. The van der Waals surface area contributed by atoms with Gasteiger partial charge in [-0.3, -0.25) is 4.57 Å². The Morgan fingerprint density at radius 3 is 2.38 bits per heavy atom. The van der Waals surface area contributed by atoms with Gasteiger partial charge in [0.15, 0.2) is 7.60 Å². The third kappa shape index (κ3) is 3.40. The van der Waals surface area contributed by atoms with Crippen LogP contribution in [-0.4, -0.2) is 12.6 Å². The van der Waals surface area contributed by atoms with Crippen molar-refractivity contribution in [1.82, 2.24) is 0 Å². The minimum atomic E-state index is -3.99. The standard InChI is InChI=1S/C8H9O4P/c1-13(10,11)12-8(9)7-5-3-2-4-6-7/h2-6H,1H3,(H,10,11)/p-1. The molecule has 1 unspecified atom stereocenters. The van der Waals surface area contributed by atoms with Gasteiger partial charge in [-0.15, -0.1) is 0 Å². The van der Waals surface area contributed by atoms with Gasteiger partial charge in [-0.1, -0.05) is 18.2 Å². The summed E-state index contributed by atoms with van der Waals surface area (Å²) in [6, 6.07) is 7.94. The molecule has 0 spiro atoms. The number of rotatable bonds is 2. The normalized spacial score (nSPS) is 14.6. The number of carbonyl (C=O) groups excluding carboxylic acids is 1. The van der Waals surface area contributed by atoms with Crippen LogP contribution in [0.1, 0.15) is 10.4 Å². The van der Waals surface area contributed by atoms with Crippen molar-refractivity contribution in [2.45, 2.75) is 0 Å². The zero-order valence-electron chi connectivity index (χ0n) is 6.97. The van der Waals surface area contributed by atoms with Crippen LogP contribution >= 0.6 is 7.60 Å². The summed E-state index contributed by atoms with van der Waals surface area (Å²) in [7, 11) is -3.99. The van der Waals surface area contributed by atoms with Gasteiger partial charge in [-0.25, -0.2) is 4.79 Å². The second-order valence-corrected chi connectivity index (χ2v) is 4.24. The van der Waals surface area contributed by atoms with Crippen LogP contribution in [0.3, 0.4) is 0 Å². The van der Waals surface area contributed by atoms with Crippen LogP contribution in [0.2, 0.25) is 0 Å². The molecule has 4 nitrogen and oxygen atoms in total. The van der Waals surface area contributed by atoms with Crippen LogP contribution in [0.15, 0.2) is 30.3 Å². The lowest BCUT2D eigenvalue weighted by molar-refractivity contribution is -0.191. The molecule has 0 N–H and O–H groups in total. The van der Waals surface area contributed by atoms with Crippen LogP contribution in [0.4, 0.5) is 0 Å². The van der Waals surface area contributed by atoms with E-state index >= 15 is 0 Å². The summed E-state index contributed by atoms with van der Waals surface area (Å²) in [4.78, 5) is 21.7. The molecular weight excluding hydrogens is 191 g/mol. The quantitative estimate of drug-likeness (QED) is 0.667. The summed E-state index contributed by atoms with van der Waals surface area (Å²) in [5, 5.41) is 0. The van der Waals surface area contributed by atoms with Crippen LogP contribution < -0.4 is 4.89 Å². The molecule has 0 fully saturated rings. The number of carbonyl (C=O) groups is 1. The molecule has 0 aliphatic rings. The highest BCUT2D eigenvalue weighted by Gasteiger charge is 2.10.